The predicted octanol–water partition coefficient (Wildman–Crippen LogP) is 1.40. The number of ether oxygens (including phenoxy) is 3. The van der Waals surface area contributed by atoms with Crippen LogP contribution in [0.15, 0.2) is 12.2 Å². The highest BCUT2D eigenvalue weighted by Gasteiger charge is 2.21. The number of esters is 1. The summed E-state index contributed by atoms with van der Waals surface area (Å²) in [6.45, 7) is 4.36. The standard InChI is InChI=1S/C13H22O5/c1-3-16-12(15)8-7-11(10(2)14)18-13-6-4-5-9-17-13/h7-8,10-11,13-14H,3-6,9H2,1-2H3/b8-7+/t10-,11-,13?/m1/s1. The number of carbonyl (C=O) groups is 1. The van der Waals surface area contributed by atoms with Crippen LogP contribution in [0.4, 0.5) is 0 Å². The predicted molar refractivity (Wildman–Crippen MR) is 65.9 cm³/mol. The van der Waals surface area contributed by atoms with Crippen LogP contribution in [-0.4, -0.2) is 42.8 Å². The molecule has 5 nitrogen and oxygen atoms in total. The van der Waals surface area contributed by atoms with Gasteiger partial charge in [0.25, 0.3) is 0 Å². The smallest absolute Gasteiger partial charge is 0.330 e. The minimum Gasteiger partial charge on any atom is -0.463 e. The monoisotopic (exact) mass is 258 g/mol. The van der Waals surface area contributed by atoms with E-state index in [0.29, 0.717) is 13.2 Å². The van der Waals surface area contributed by atoms with Crippen molar-refractivity contribution in [2.45, 2.75) is 51.6 Å². The van der Waals surface area contributed by atoms with Crippen LogP contribution in [0, 0.1) is 0 Å². The third kappa shape index (κ3) is 5.62. The first-order valence-electron chi connectivity index (χ1n) is 6.43. The summed E-state index contributed by atoms with van der Waals surface area (Å²) < 4.78 is 15.8. The Morgan fingerprint density at radius 3 is 2.89 bits per heavy atom. The lowest BCUT2D eigenvalue weighted by atomic mass is 10.2. The van der Waals surface area contributed by atoms with Crippen molar-refractivity contribution in [2.75, 3.05) is 13.2 Å². The van der Waals surface area contributed by atoms with Gasteiger partial charge in [-0.2, -0.15) is 0 Å². The molecule has 1 heterocycles. The molecule has 104 valence electrons. The molecule has 3 atom stereocenters. The summed E-state index contributed by atoms with van der Waals surface area (Å²) in [6.07, 6.45) is 4.14. The molecular formula is C13H22O5. The largest absolute Gasteiger partial charge is 0.463 e. The highest BCUT2D eigenvalue weighted by Crippen LogP contribution is 2.17. The number of hydrogen-bond donors (Lipinski definition) is 1. The minimum atomic E-state index is -0.707. The van der Waals surface area contributed by atoms with Crippen molar-refractivity contribution >= 4 is 5.97 Å². The van der Waals surface area contributed by atoms with Crippen molar-refractivity contribution in [1.82, 2.24) is 0 Å². The molecule has 0 radical (unpaired) electrons. The Bertz CT molecular complexity index is 269. The Morgan fingerprint density at radius 2 is 2.33 bits per heavy atom. The molecule has 0 saturated carbocycles. The number of carbonyl (C=O) groups excluding carboxylic acids is 1. The number of aliphatic hydroxyl groups is 1. The van der Waals surface area contributed by atoms with Gasteiger partial charge in [-0.3, -0.25) is 0 Å². The van der Waals surface area contributed by atoms with Crippen LogP contribution < -0.4 is 0 Å². The summed E-state index contributed by atoms with van der Waals surface area (Å²) in [4.78, 5) is 11.2. The fourth-order valence-corrected chi connectivity index (χ4v) is 1.68. The van der Waals surface area contributed by atoms with Gasteiger partial charge in [0.2, 0.25) is 0 Å². The van der Waals surface area contributed by atoms with Gasteiger partial charge in [-0.1, -0.05) is 0 Å². The molecule has 1 aliphatic rings. The van der Waals surface area contributed by atoms with Crippen molar-refractivity contribution in [3.63, 3.8) is 0 Å². The van der Waals surface area contributed by atoms with Crippen LogP contribution in [0.5, 0.6) is 0 Å². The third-order valence-electron chi connectivity index (χ3n) is 2.63. The summed E-state index contributed by atoms with van der Waals surface area (Å²) in [5.74, 6) is -0.434. The molecule has 1 N–H and O–H groups in total. The number of rotatable bonds is 6. The van der Waals surface area contributed by atoms with E-state index in [1.54, 1.807) is 13.8 Å². The average Bonchev–Trinajstić information content (AvgIpc) is 2.35. The van der Waals surface area contributed by atoms with Crippen molar-refractivity contribution in [1.29, 1.82) is 0 Å². The molecule has 0 aromatic rings. The summed E-state index contributed by atoms with van der Waals surface area (Å²) in [6, 6.07) is 0. The van der Waals surface area contributed by atoms with Gasteiger partial charge in [0.1, 0.15) is 6.10 Å². The van der Waals surface area contributed by atoms with Gasteiger partial charge in [-0.05, 0) is 39.2 Å². The van der Waals surface area contributed by atoms with Gasteiger partial charge in [0, 0.05) is 12.7 Å². The van der Waals surface area contributed by atoms with E-state index in [2.05, 4.69) is 0 Å². The minimum absolute atomic E-state index is 0.301. The van der Waals surface area contributed by atoms with Gasteiger partial charge in [0.05, 0.1) is 12.7 Å². The third-order valence-corrected chi connectivity index (χ3v) is 2.63. The second-order valence-electron chi connectivity index (χ2n) is 4.25. The van der Waals surface area contributed by atoms with Crippen LogP contribution in [-0.2, 0) is 19.0 Å². The second kappa shape index (κ2) is 8.24. The topological polar surface area (TPSA) is 65.0 Å². The van der Waals surface area contributed by atoms with Crippen molar-refractivity contribution < 1.29 is 24.1 Å². The fourth-order valence-electron chi connectivity index (χ4n) is 1.68. The summed E-state index contributed by atoms with van der Waals surface area (Å²) in [5.41, 5.74) is 0. The molecule has 0 aromatic carbocycles. The first kappa shape index (κ1) is 15.1. The Labute approximate surface area is 108 Å². The maximum absolute atomic E-state index is 11.2. The SMILES string of the molecule is CCOC(=O)/C=C/[C@@H](OC1CCCCO1)[C@@H](C)O. The Morgan fingerprint density at radius 1 is 1.56 bits per heavy atom. The van der Waals surface area contributed by atoms with Gasteiger partial charge in [-0.15, -0.1) is 0 Å². The molecule has 0 aromatic heterocycles. The average molecular weight is 258 g/mol. The Balaban J connectivity index is 2.45. The fraction of sp³-hybridized carbons (Fsp3) is 0.769. The van der Waals surface area contributed by atoms with E-state index >= 15 is 0 Å². The van der Waals surface area contributed by atoms with Gasteiger partial charge >= 0.3 is 5.97 Å². The molecule has 1 rings (SSSR count). The first-order valence-corrected chi connectivity index (χ1v) is 6.43. The van der Waals surface area contributed by atoms with Crippen LogP contribution in [0.25, 0.3) is 0 Å². The van der Waals surface area contributed by atoms with E-state index in [1.165, 1.54) is 12.2 Å². The molecule has 18 heavy (non-hydrogen) atoms. The number of aliphatic hydroxyl groups excluding tert-OH is 1. The lowest BCUT2D eigenvalue weighted by Gasteiger charge is -2.27. The van der Waals surface area contributed by atoms with Gasteiger partial charge in [0.15, 0.2) is 6.29 Å². The summed E-state index contributed by atoms with van der Waals surface area (Å²) in [7, 11) is 0. The molecule has 1 saturated heterocycles. The van der Waals surface area contributed by atoms with E-state index in [9.17, 15) is 9.90 Å². The zero-order chi connectivity index (χ0) is 13.4. The zero-order valence-corrected chi connectivity index (χ0v) is 11.0. The van der Waals surface area contributed by atoms with Crippen molar-refractivity contribution in [3.8, 4) is 0 Å². The molecule has 1 aliphatic heterocycles. The number of hydrogen-bond acceptors (Lipinski definition) is 5. The van der Waals surface area contributed by atoms with E-state index < -0.39 is 18.2 Å². The highest BCUT2D eigenvalue weighted by atomic mass is 16.7. The first-order chi connectivity index (χ1) is 8.63. The van der Waals surface area contributed by atoms with Crippen LogP contribution >= 0.6 is 0 Å². The normalized spacial score (nSPS) is 23.8. The molecule has 0 spiro atoms. The van der Waals surface area contributed by atoms with Gasteiger partial charge in [-0.25, -0.2) is 4.79 Å². The lowest BCUT2D eigenvalue weighted by molar-refractivity contribution is -0.193. The molecule has 1 unspecified atom stereocenters. The van der Waals surface area contributed by atoms with E-state index in [1.807, 2.05) is 0 Å². The summed E-state index contributed by atoms with van der Waals surface area (Å²) >= 11 is 0. The zero-order valence-electron chi connectivity index (χ0n) is 11.0. The van der Waals surface area contributed by atoms with Crippen molar-refractivity contribution in [2.24, 2.45) is 0 Å². The molecule has 5 heteroatoms. The molecule has 0 aliphatic carbocycles. The Hall–Kier alpha value is -0.910. The van der Waals surface area contributed by atoms with E-state index in [4.69, 9.17) is 14.2 Å². The maximum atomic E-state index is 11.2. The molecule has 0 amide bonds. The quantitative estimate of drug-likeness (QED) is 0.576. The Kier molecular flexibility index (Phi) is 6.93. The second-order valence-corrected chi connectivity index (χ2v) is 4.25. The maximum Gasteiger partial charge on any atom is 0.330 e. The van der Waals surface area contributed by atoms with E-state index in [-0.39, 0.29) is 6.29 Å². The molecule has 1 fully saturated rings. The molecular weight excluding hydrogens is 236 g/mol. The van der Waals surface area contributed by atoms with E-state index in [0.717, 1.165) is 19.3 Å². The molecule has 0 bridgehead atoms. The van der Waals surface area contributed by atoms with Gasteiger partial charge < -0.3 is 19.3 Å². The lowest BCUT2D eigenvalue weighted by Crippen LogP contribution is -2.33. The summed E-state index contributed by atoms with van der Waals surface area (Å²) in [5, 5.41) is 9.60. The van der Waals surface area contributed by atoms with Crippen molar-refractivity contribution in [3.05, 3.63) is 12.2 Å². The van der Waals surface area contributed by atoms with Crippen LogP contribution in [0.1, 0.15) is 33.1 Å². The van der Waals surface area contributed by atoms with Crippen LogP contribution in [0.3, 0.4) is 0 Å². The van der Waals surface area contributed by atoms with Crippen LogP contribution in [0.2, 0.25) is 0 Å². The highest BCUT2D eigenvalue weighted by molar-refractivity contribution is 5.81.